The molecule has 0 aliphatic carbocycles. The molecule has 5 nitrogen and oxygen atoms in total. The molecule has 170 valence electrons. The number of anilines is 1. The number of hydrogen-bond donors (Lipinski definition) is 2. The standard InChI is InChI=1S/C25H35ClN2O3/c1-4-6-7-8-9-14-27-17-20-15-22(26)25(23(16-20)30-5-2)31-18-24(29)28-21-12-10-19(3)11-13-21/h10-13,15-16,27H,4-9,14,17-18H2,1-3H3,(H,28,29). The summed E-state index contributed by atoms with van der Waals surface area (Å²) in [5.41, 5.74) is 2.89. The van der Waals surface area contributed by atoms with Crippen molar-refractivity contribution in [2.24, 2.45) is 0 Å². The van der Waals surface area contributed by atoms with Gasteiger partial charge in [0.25, 0.3) is 5.91 Å². The largest absolute Gasteiger partial charge is 0.490 e. The highest BCUT2D eigenvalue weighted by Crippen LogP contribution is 2.36. The molecular formula is C25H35ClN2O3. The van der Waals surface area contributed by atoms with Gasteiger partial charge in [0.2, 0.25) is 0 Å². The second-order valence-electron chi connectivity index (χ2n) is 7.63. The summed E-state index contributed by atoms with van der Waals surface area (Å²) in [6.07, 6.45) is 6.28. The predicted octanol–water partition coefficient (Wildman–Crippen LogP) is 6.12. The van der Waals surface area contributed by atoms with Gasteiger partial charge >= 0.3 is 0 Å². The van der Waals surface area contributed by atoms with Gasteiger partial charge in [-0.1, -0.05) is 61.9 Å². The molecule has 0 unspecified atom stereocenters. The maximum absolute atomic E-state index is 12.3. The van der Waals surface area contributed by atoms with E-state index in [0.717, 1.165) is 23.4 Å². The van der Waals surface area contributed by atoms with Crippen LogP contribution in [0.15, 0.2) is 36.4 Å². The van der Waals surface area contributed by atoms with Gasteiger partial charge in [-0.2, -0.15) is 0 Å². The Morgan fingerprint density at radius 2 is 1.74 bits per heavy atom. The Kier molecular flexibility index (Phi) is 11.3. The van der Waals surface area contributed by atoms with E-state index in [1.807, 2.05) is 50.2 Å². The predicted molar refractivity (Wildman–Crippen MR) is 128 cm³/mol. The van der Waals surface area contributed by atoms with Crippen LogP contribution < -0.4 is 20.1 Å². The Morgan fingerprint density at radius 3 is 2.45 bits per heavy atom. The van der Waals surface area contributed by atoms with Crippen LogP contribution in [0.5, 0.6) is 11.5 Å². The molecule has 0 heterocycles. The lowest BCUT2D eigenvalue weighted by molar-refractivity contribution is -0.118. The number of carbonyl (C=O) groups excluding carboxylic acids is 1. The number of halogens is 1. The lowest BCUT2D eigenvalue weighted by atomic mass is 10.1. The highest BCUT2D eigenvalue weighted by atomic mass is 35.5. The number of benzene rings is 2. The smallest absolute Gasteiger partial charge is 0.262 e. The molecule has 0 saturated heterocycles. The van der Waals surface area contributed by atoms with Gasteiger partial charge in [-0.15, -0.1) is 0 Å². The van der Waals surface area contributed by atoms with Gasteiger partial charge in [0.1, 0.15) is 0 Å². The van der Waals surface area contributed by atoms with Crippen LogP contribution in [0, 0.1) is 6.92 Å². The first-order valence-electron chi connectivity index (χ1n) is 11.2. The molecule has 1 amide bonds. The van der Waals surface area contributed by atoms with E-state index in [2.05, 4.69) is 17.6 Å². The molecule has 0 bridgehead atoms. The number of carbonyl (C=O) groups is 1. The lowest BCUT2D eigenvalue weighted by Crippen LogP contribution is -2.20. The molecule has 0 atom stereocenters. The molecule has 6 heteroatoms. The summed E-state index contributed by atoms with van der Waals surface area (Å²) < 4.78 is 11.4. The fourth-order valence-corrected chi connectivity index (χ4v) is 3.47. The van der Waals surface area contributed by atoms with Crippen molar-refractivity contribution in [3.8, 4) is 11.5 Å². The summed E-state index contributed by atoms with van der Waals surface area (Å²) in [6, 6.07) is 11.4. The summed E-state index contributed by atoms with van der Waals surface area (Å²) in [4.78, 5) is 12.3. The van der Waals surface area contributed by atoms with E-state index in [-0.39, 0.29) is 12.5 Å². The van der Waals surface area contributed by atoms with E-state index in [1.165, 1.54) is 32.1 Å². The normalized spacial score (nSPS) is 10.7. The van der Waals surface area contributed by atoms with E-state index in [1.54, 1.807) is 0 Å². The molecule has 0 aromatic heterocycles. The Morgan fingerprint density at radius 1 is 1.00 bits per heavy atom. The minimum Gasteiger partial charge on any atom is -0.490 e. The zero-order valence-corrected chi connectivity index (χ0v) is 19.7. The molecule has 31 heavy (non-hydrogen) atoms. The van der Waals surface area contributed by atoms with Crippen molar-refractivity contribution >= 4 is 23.2 Å². The third-order valence-electron chi connectivity index (χ3n) is 4.84. The number of aryl methyl sites for hydroxylation is 1. The Bertz CT molecular complexity index is 809. The third kappa shape index (κ3) is 9.19. The zero-order valence-electron chi connectivity index (χ0n) is 18.9. The molecule has 2 aromatic rings. The number of nitrogens with one attached hydrogen (secondary N) is 2. The van der Waals surface area contributed by atoms with Crippen molar-refractivity contribution in [2.45, 2.75) is 59.4 Å². The number of ether oxygens (including phenoxy) is 2. The molecule has 0 saturated carbocycles. The number of rotatable bonds is 14. The van der Waals surface area contributed by atoms with Gasteiger partial charge in [0.15, 0.2) is 18.1 Å². The topological polar surface area (TPSA) is 59.6 Å². The second-order valence-corrected chi connectivity index (χ2v) is 8.04. The van der Waals surface area contributed by atoms with Gasteiger partial charge in [-0.3, -0.25) is 4.79 Å². The molecule has 0 fully saturated rings. The van der Waals surface area contributed by atoms with E-state index in [4.69, 9.17) is 21.1 Å². The van der Waals surface area contributed by atoms with Crippen LogP contribution >= 0.6 is 11.6 Å². The van der Waals surface area contributed by atoms with Gasteiger partial charge < -0.3 is 20.1 Å². The summed E-state index contributed by atoms with van der Waals surface area (Å²) >= 11 is 6.46. The lowest BCUT2D eigenvalue weighted by Gasteiger charge is -2.15. The molecule has 0 spiro atoms. The van der Waals surface area contributed by atoms with E-state index in [9.17, 15) is 4.79 Å². The number of hydrogen-bond acceptors (Lipinski definition) is 4. The minimum atomic E-state index is -0.254. The molecule has 0 radical (unpaired) electrons. The van der Waals surface area contributed by atoms with Crippen LogP contribution in [0.25, 0.3) is 0 Å². The number of unbranched alkanes of at least 4 members (excludes halogenated alkanes) is 4. The maximum Gasteiger partial charge on any atom is 0.262 e. The quantitative estimate of drug-likeness (QED) is 0.343. The molecule has 2 N–H and O–H groups in total. The highest BCUT2D eigenvalue weighted by molar-refractivity contribution is 6.32. The Balaban J connectivity index is 1.90. The highest BCUT2D eigenvalue weighted by Gasteiger charge is 2.14. The van der Waals surface area contributed by atoms with Crippen LogP contribution in [-0.2, 0) is 11.3 Å². The third-order valence-corrected chi connectivity index (χ3v) is 5.12. The molecule has 2 rings (SSSR count). The summed E-state index contributed by atoms with van der Waals surface area (Å²) in [6.45, 7) is 8.15. The Labute approximate surface area is 191 Å². The second kappa shape index (κ2) is 13.9. The van der Waals surface area contributed by atoms with Crippen molar-refractivity contribution in [3.05, 3.63) is 52.5 Å². The van der Waals surface area contributed by atoms with E-state index >= 15 is 0 Å². The average Bonchev–Trinajstić information content (AvgIpc) is 2.74. The van der Waals surface area contributed by atoms with Gasteiger partial charge in [0, 0.05) is 12.2 Å². The molecule has 2 aromatic carbocycles. The summed E-state index contributed by atoms with van der Waals surface area (Å²) in [7, 11) is 0. The summed E-state index contributed by atoms with van der Waals surface area (Å²) in [5, 5.41) is 6.71. The first-order chi connectivity index (χ1) is 15.0. The van der Waals surface area contributed by atoms with Gasteiger partial charge in [-0.25, -0.2) is 0 Å². The fraction of sp³-hybridized carbons (Fsp3) is 0.480. The van der Waals surface area contributed by atoms with Crippen molar-refractivity contribution in [1.29, 1.82) is 0 Å². The molecule has 0 aliphatic heterocycles. The number of amides is 1. The van der Waals surface area contributed by atoms with Crippen LogP contribution in [-0.4, -0.2) is 25.7 Å². The molecule has 0 aliphatic rings. The summed E-state index contributed by atoms with van der Waals surface area (Å²) in [5.74, 6) is 0.694. The van der Waals surface area contributed by atoms with E-state index < -0.39 is 0 Å². The van der Waals surface area contributed by atoms with Gasteiger partial charge in [-0.05, 0) is 56.6 Å². The molecular weight excluding hydrogens is 412 g/mol. The van der Waals surface area contributed by atoms with Crippen LogP contribution in [0.2, 0.25) is 5.02 Å². The first-order valence-corrected chi connectivity index (χ1v) is 11.6. The van der Waals surface area contributed by atoms with Crippen molar-refractivity contribution < 1.29 is 14.3 Å². The minimum absolute atomic E-state index is 0.150. The first kappa shape index (κ1) is 25.0. The van der Waals surface area contributed by atoms with E-state index in [0.29, 0.717) is 29.7 Å². The van der Waals surface area contributed by atoms with Crippen molar-refractivity contribution in [2.75, 3.05) is 25.1 Å². The van der Waals surface area contributed by atoms with Gasteiger partial charge in [0.05, 0.1) is 11.6 Å². The SMILES string of the molecule is CCCCCCCNCc1cc(Cl)c(OCC(=O)Nc2ccc(C)cc2)c(OCC)c1. The fourth-order valence-electron chi connectivity index (χ4n) is 3.18. The van der Waals surface area contributed by atoms with Crippen LogP contribution in [0.3, 0.4) is 0 Å². The van der Waals surface area contributed by atoms with Crippen molar-refractivity contribution in [3.63, 3.8) is 0 Å². The maximum atomic E-state index is 12.3. The Hall–Kier alpha value is -2.24. The van der Waals surface area contributed by atoms with Crippen LogP contribution in [0.1, 0.15) is 57.1 Å². The van der Waals surface area contributed by atoms with Crippen molar-refractivity contribution in [1.82, 2.24) is 5.32 Å². The van der Waals surface area contributed by atoms with Crippen LogP contribution in [0.4, 0.5) is 5.69 Å². The zero-order chi connectivity index (χ0) is 22.5. The average molecular weight is 447 g/mol. The monoisotopic (exact) mass is 446 g/mol.